The van der Waals surface area contributed by atoms with Crippen molar-refractivity contribution in [3.8, 4) is 0 Å². The number of esters is 2. The third-order valence-corrected chi connectivity index (χ3v) is 6.31. The maximum atomic E-state index is 12.2. The lowest BCUT2D eigenvalue weighted by molar-refractivity contribution is -0.151. The summed E-state index contributed by atoms with van der Waals surface area (Å²) in [6, 6.07) is 0. The minimum Gasteiger partial charge on any atom is -0.463 e. The Balaban J connectivity index is 3.53. The van der Waals surface area contributed by atoms with Gasteiger partial charge in [-0.25, -0.2) is 0 Å². The van der Waals surface area contributed by atoms with Crippen molar-refractivity contribution in [1.82, 2.24) is 0 Å². The molecule has 0 bridgehead atoms. The van der Waals surface area contributed by atoms with Gasteiger partial charge in [-0.15, -0.1) is 0 Å². The molecule has 0 aromatic heterocycles. The second-order valence-corrected chi connectivity index (χ2v) is 9.75. The predicted octanol–water partition coefficient (Wildman–Crippen LogP) is 6.13. The number of carbonyl (C=O) groups is 2. The van der Waals surface area contributed by atoms with Gasteiger partial charge in [0.1, 0.15) is 13.2 Å². The van der Waals surface area contributed by atoms with Crippen LogP contribution in [0, 0.1) is 11.8 Å². The van der Waals surface area contributed by atoms with E-state index in [-0.39, 0.29) is 37.0 Å². The van der Waals surface area contributed by atoms with Crippen LogP contribution >= 0.6 is 0 Å². The first-order valence-corrected chi connectivity index (χ1v) is 15.2. The molecule has 0 spiro atoms. The number of hydrogen-bond donors (Lipinski definition) is 0. The maximum Gasteiger partial charge on any atom is 0.309 e. The van der Waals surface area contributed by atoms with Gasteiger partial charge in [-0.3, -0.25) is 9.59 Å². The Hall–Kier alpha value is -1.22. The van der Waals surface area contributed by atoms with Gasteiger partial charge in [0.25, 0.3) is 0 Å². The van der Waals surface area contributed by atoms with E-state index < -0.39 is 0 Å². The lowest BCUT2D eigenvalue weighted by atomic mass is 9.97. The Bertz CT molecular complexity index is 482. The summed E-state index contributed by atoms with van der Waals surface area (Å²) in [7, 11) is 0. The van der Waals surface area contributed by atoms with E-state index in [0.717, 1.165) is 77.0 Å². The summed E-state index contributed by atoms with van der Waals surface area (Å²) < 4.78 is 32.7. The summed E-state index contributed by atoms with van der Waals surface area (Å²) >= 11 is 0. The zero-order valence-electron chi connectivity index (χ0n) is 25.0. The maximum absolute atomic E-state index is 12.2. The largest absolute Gasteiger partial charge is 0.463 e. The molecule has 8 heteroatoms. The number of rotatable bonds is 29. The van der Waals surface area contributed by atoms with E-state index in [4.69, 9.17) is 28.4 Å². The molecule has 0 radical (unpaired) electrons. The average molecular weight is 547 g/mol. The summed E-state index contributed by atoms with van der Waals surface area (Å²) in [4.78, 5) is 24.5. The van der Waals surface area contributed by atoms with Crippen LogP contribution in [-0.4, -0.2) is 78.0 Å². The third-order valence-electron chi connectivity index (χ3n) is 6.31. The summed E-state index contributed by atoms with van der Waals surface area (Å²) in [6.45, 7) is 12.6. The Kier molecular flexibility index (Phi) is 27.9. The highest BCUT2D eigenvalue weighted by Gasteiger charge is 2.19. The van der Waals surface area contributed by atoms with Crippen molar-refractivity contribution in [1.29, 1.82) is 0 Å². The molecule has 0 aromatic carbocycles. The minimum atomic E-state index is -0.0941. The average Bonchev–Trinajstić information content (AvgIpc) is 2.91. The molecule has 0 aliphatic heterocycles. The van der Waals surface area contributed by atoms with Gasteiger partial charge in [0.05, 0.1) is 64.7 Å². The highest BCUT2D eigenvalue weighted by Crippen LogP contribution is 2.18. The fourth-order valence-corrected chi connectivity index (χ4v) is 4.14. The molecule has 0 amide bonds. The first-order chi connectivity index (χ1) is 18.6. The molecule has 0 saturated heterocycles. The fraction of sp³-hybridized carbons (Fsp3) is 0.933. The van der Waals surface area contributed by atoms with Crippen molar-refractivity contribution < 1.29 is 38.0 Å². The molecule has 0 fully saturated rings. The quantitative estimate of drug-likeness (QED) is 0.0817. The van der Waals surface area contributed by atoms with E-state index in [9.17, 15) is 9.59 Å². The second-order valence-electron chi connectivity index (χ2n) is 9.75. The van der Waals surface area contributed by atoms with Crippen molar-refractivity contribution >= 4 is 11.9 Å². The van der Waals surface area contributed by atoms with Gasteiger partial charge in [0.2, 0.25) is 0 Å². The van der Waals surface area contributed by atoms with Crippen LogP contribution in [0.3, 0.4) is 0 Å². The molecule has 0 saturated carbocycles. The highest BCUT2D eigenvalue weighted by molar-refractivity contribution is 5.72. The van der Waals surface area contributed by atoms with Gasteiger partial charge in [-0.1, -0.05) is 79.1 Å². The smallest absolute Gasteiger partial charge is 0.309 e. The molecule has 0 rings (SSSR count). The van der Waals surface area contributed by atoms with E-state index in [1.54, 1.807) is 0 Å². The van der Waals surface area contributed by atoms with Crippen LogP contribution < -0.4 is 0 Å². The molecule has 0 aromatic rings. The molecule has 0 N–H and O–H groups in total. The van der Waals surface area contributed by atoms with Crippen LogP contribution in [-0.2, 0) is 38.0 Å². The van der Waals surface area contributed by atoms with E-state index >= 15 is 0 Å². The monoisotopic (exact) mass is 546 g/mol. The Labute approximate surface area is 232 Å². The van der Waals surface area contributed by atoms with Crippen molar-refractivity contribution in [2.24, 2.45) is 11.8 Å². The van der Waals surface area contributed by atoms with Gasteiger partial charge in [-0.2, -0.15) is 0 Å². The molecule has 0 heterocycles. The van der Waals surface area contributed by atoms with Gasteiger partial charge in [0.15, 0.2) is 0 Å². The molecule has 2 unspecified atom stereocenters. The number of carbonyl (C=O) groups excluding carboxylic acids is 2. The van der Waals surface area contributed by atoms with E-state index in [2.05, 4.69) is 27.7 Å². The minimum absolute atomic E-state index is 0.0150. The summed E-state index contributed by atoms with van der Waals surface area (Å²) in [5.74, 6) is -0.158. The van der Waals surface area contributed by atoms with Gasteiger partial charge in [-0.05, 0) is 25.7 Å². The van der Waals surface area contributed by atoms with Gasteiger partial charge < -0.3 is 28.4 Å². The third kappa shape index (κ3) is 22.7. The second kappa shape index (κ2) is 28.8. The Morgan fingerprint density at radius 1 is 0.421 bits per heavy atom. The lowest BCUT2D eigenvalue weighted by Crippen LogP contribution is -2.21. The molecule has 226 valence electrons. The van der Waals surface area contributed by atoms with E-state index in [0.29, 0.717) is 52.9 Å². The molecule has 0 aliphatic rings. The number of hydrogen-bond acceptors (Lipinski definition) is 8. The van der Waals surface area contributed by atoms with Crippen LogP contribution in [0.5, 0.6) is 0 Å². The zero-order valence-corrected chi connectivity index (χ0v) is 25.0. The molecule has 38 heavy (non-hydrogen) atoms. The Morgan fingerprint density at radius 3 is 1.03 bits per heavy atom. The topological polar surface area (TPSA) is 89.5 Å². The van der Waals surface area contributed by atoms with Crippen LogP contribution in [0.2, 0.25) is 0 Å². The van der Waals surface area contributed by atoms with Gasteiger partial charge >= 0.3 is 11.9 Å². The molecule has 0 aliphatic carbocycles. The molecule has 2 atom stereocenters. The molecular formula is C30H58O8. The van der Waals surface area contributed by atoms with Crippen LogP contribution in [0.15, 0.2) is 0 Å². The predicted molar refractivity (Wildman–Crippen MR) is 150 cm³/mol. The highest BCUT2D eigenvalue weighted by atomic mass is 16.6. The lowest BCUT2D eigenvalue weighted by Gasteiger charge is -2.15. The van der Waals surface area contributed by atoms with Crippen LogP contribution in [0.25, 0.3) is 0 Å². The fourth-order valence-electron chi connectivity index (χ4n) is 4.14. The van der Waals surface area contributed by atoms with Crippen molar-refractivity contribution in [2.45, 2.75) is 105 Å². The zero-order chi connectivity index (χ0) is 28.1. The first kappa shape index (κ1) is 36.8. The summed E-state index contributed by atoms with van der Waals surface area (Å²) in [5.41, 5.74) is 0. The Morgan fingerprint density at radius 2 is 0.737 bits per heavy atom. The van der Waals surface area contributed by atoms with E-state index in [1.165, 1.54) is 0 Å². The summed E-state index contributed by atoms with van der Waals surface area (Å²) in [6.07, 6.45) is 12.4. The van der Waals surface area contributed by atoms with Crippen molar-refractivity contribution in [3.63, 3.8) is 0 Å². The van der Waals surface area contributed by atoms with Crippen LogP contribution in [0.4, 0.5) is 0 Å². The van der Waals surface area contributed by atoms with E-state index in [1.807, 2.05) is 0 Å². The van der Waals surface area contributed by atoms with Crippen molar-refractivity contribution in [2.75, 3.05) is 66.1 Å². The standard InChI is InChI=1S/C30H58O8/c1-5-9-11-15-27(13-7-3)29(31)37-25-23-35-21-19-33-17-18-34-20-22-36-24-26-38-30(32)28(14-8-4)16-12-10-6-2/h27-28H,5-26H2,1-4H3. The van der Waals surface area contributed by atoms with Crippen molar-refractivity contribution in [3.05, 3.63) is 0 Å². The first-order valence-electron chi connectivity index (χ1n) is 15.2. The van der Waals surface area contributed by atoms with Crippen LogP contribution in [0.1, 0.15) is 105 Å². The van der Waals surface area contributed by atoms with Gasteiger partial charge in [0, 0.05) is 0 Å². The molecular weight excluding hydrogens is 488 g/mol. The molecule has 8 nitrogen and oxygen atoms in total. The number of ether oxygens (including phenoxy) is 6. The summed E-state index contributed by atoms with van der Waals surface area (Å²) in [5, 5.41) is 0. The number of unbranched alkanes of at least 4 members (excludes halogenated alkanes) is 4. The normalized spacial score (nSPS) is 12.8. The SMILES string of the molecule is CCCCCC(CCC)C(=O)OCCOCCOCCOCCOCCOC(=O)C(CCC)CCCCC.